The van der Waals surface area contributed by atoms with Crippen molar-refractivity contribution in [3.05, 3.63) is 33.8 Å². The van der Waals surface area contributed by atoms with Gasteiger partial charge in [-0.25, -0.2) is 0 Å². The van der Waals surface area contributed by atoms with E-state index in [1.807, 2.05) is 0 Å². The summed E-state index contributed by atoms with van der Waals surface area (Å²) in [6, 6.07) is 6.56. The molecule has 0 spiro atoms. The summed E-state index contributed by atoms with van der Waals surface area (Å²) >= 11 is 3.50. The molecule has 2 aliphatic rings. The Kier molecular flexibility index (Phi) is 1.46. The van der Waals surface area contributed by atoms with Crippen LogP contribution in [0.3, 0.4) is 0 Å². The molecule has 1 atom stereocenters. The summed E-state index contributed by atoms with van der Waals surface area (Å²) < 4.78 is 1.18. The SMILES string of the molecule is NC1(C2Cc3ccc(Br)cc32)CC1. The highest BCUT2D eigenvalue weighted by atomic mass is 79.9. The minimum atomic E-state index is 0.161. The van der Waals surface area contributed by atoms with Crippen LogP contribution in [0.2, 0.25) is 0 Å². The van der Waals surface area contributed by atoms with Crippen LogP contribution in [0.15, 0.2) is 22.7 Å². The van der Waals surface area contributed by atoms with E-state index in [0.29, 0.717) is 5.92 Å². The molecule has 3 rings (SSSR count). The second kappa shape index (κ2) is 2.37. The molecular weight excluding hydrogens is 226 g/mol. The molecule has 1 saturated carbocycles. The molecule has 2 N–H and O–H groups in total. The zero-order valence-electron chi connectivity index (χ0n) is 7.39. The van der Waals surface area contributed by atoms with Crippen LogP contribution in [0, 0.1) is 0 Å². The molecule has 2 aliphatic carbocycles. The Morgan fingerprint density at radius 3 is 2.85 bits per heavy atom. The molecule has 0 aliphatic heterocycles. The highest BCUT2D eigenvalue weighted by molar-refractivity contribution is 9.10. The van der Waals surface area contributed by atoms with Crippen molar-refractivity contribution < 1.29 is 0 Å². The van der Waals surface area contributed by atoms with Crippen molar-refractivity contribution in [1.29, 1.82) is 0 Å². The van der Waals surface area contributed by atoms with Crippen LogP contribution in [0.5, 0.6) is 0 Å². The van der Waals surface area contributed by atoms with E-state index >= 15 is 0 Å². The fraction of sp³-hybridized carbons (Fsp3) is 0.455. The smallest absolute Gasteiger partial charge is 0.0228 e. The first kappa shape index (κ1) is 8.01. The molecule has 1 nitrogen and oxygen atoms in total. The molecule has 0 radical (unpaired) electrons. The van der Waals surface area contributed by atoms with Crippen LogP contribution in [-0.2, 0) is 6.42 Å². The second-order valence-electron chi connectivity index (χ2n) is 4.33. The highest BCUT2D eigenvalue weighted by Crippen LogP contribution is 2.52. The number of halogens is 1. The van der Waals surface area contributed by atoms with E-state index in [2.05, 4.69) is 34.1 Å². The highest BCUT2D eigenvalue weighted by Gasteiger charge is 2.50. The van der Waals surface area contributed by atoms with E-state index in [9.17, 15) is 0 Å². The Bertz CT molecular complexity index is 368. The summed E-state index contributed by atoms with van der Waals surface area (Å²) in [6.45, 7) is 0. The van der Waals surface area contributed by atoms with Gasteiger partial charge in [0.25, 0.3) is 0 Å². The van der Waals surface area contributed by atoms with Gasteiger partial charge < -0.3 is 5.73 Å². The number of nitrogens with two attached hydrogens (primary N) is 1. The Hall–Kier alpha value is -0.340. The van der Waals surface area contributed by atoms with Gasteiger partial charge in [-0.3, -0.25) is 0 Å². The van der Waals surface area contributed by atoms with Gasteiger partial charge in [0.05, 0.1) is 0 Å². The summed E-state index contributed by atoms with van der Waals surface area (Å²) in [5, 5.41) is 0. The van der Waals surface area contributed by atoms with Crippen molar-refractivity contribution in [3.8, 4) is 0 Å². The molecule has 0 saturated heterocycles. The van der Waals surface area contributed by atoms with Crippen LogP contribution in [-0.4, -0.2) is 5.54 Å². The minimum Gasteiger partial charge on any atom is -0.325 e. The molecule has 0 bridgehead atoms. The lowest BCUT2D eigenvalue weighted by Gasteiger charge is -2.35. The summed E-state index contributed by atoms with van der Waals surface area (Å²) in [5.74, 6) is 0.639. The number of benzene rings is 1. The molecule has 1 fully saturated rings. The fourth-order valence-electron chi connectivity index (χ4n) is 2.28. The quantitative estimate of drug-likeness (QED) is 0.799. The third-order valence-electron chi connectivity index (χ3n) is 3.43. The monoisotopic (exact) mass is 237 g/mol. The minimum absolute atomic E-state index is 0.161. The molecule has 0 aromatic heterocycles. The molecular formula is C11H12BrN. The zero-order chi connectivity index (χ0) is 9.05. The first-order chi connectivity index (χ1) is 6.19. The van der Waals surface area contributed by atoms with E-state index in [4.69, 9.17) is 5.73 Å². The molecule has 1 unspecified atom stereocenters. The van der Waals surface area contributed by atoms with E-state index in [0.717, 1.165) is 0 Å². The van der Waals surface area contributed by atoms with Gasteiger partial charge in [0.1, 0.15) is 0 Å². The number of hydrogen-bond donors (Lipinski definition) is 1. The molecule has 0 amide bonds. The lowest BCUT2D eigenvalue weighted by Crippen LogP contribution is -2.37. The van der Waals surface area contributed by atoms with E-state index < -0.39 is 0 Å². The second-order valence-corrected chi connectivity index (χ2v) is 5.25. The maximum atomic E-state index is 6.20. The first-order valence-electron chi connectivity index (χ1n) is 4.76. The molecule has 1 aromatic rings. The van der Waals surface area contributed by atoms with E-state index in [-0.39, 0.29) is 5.54 Å². The van der Waals surface area contributed by atoms with Gasteiger partial charge in [-0.2, -0.15) is 0 Å². The van der Waals surface area contributed by atoms with Crippen molar-refractivity contribution in [2.45, 2.75) is 30.7 Å². The Labute approximate surface area is 86.5 Å². The first-order valence-corrected chi connectivity index (χ1v) is 5.55. The van der Waals surface area contributed by atoms with Gasteiger partial charge in [0.15, 0.2) is 0 Å². The van der Waals surface area contributed by atoms with Crippen molar-refractivity contribution in [1.82, 2.24) is 0 Å². The third kappa shape index (κ3) is 1.09. The summed E-state index contributed by atoms with van der Waals surface area (Å²) in [7, 11) is 0. The largest absolute Gasteiger partial charge is 0.325 e. The summed E-state index contributed by atoms with van der Waals surface area (Å²) in [5.41, 5.74) is 9.33. The molecule has 68 valence electrons. The van der Waals surface area contributed by atoms with Crippen LogP contribution >= 0.6 is 15.9 Å². The van der Waals surface area contributed by atoms with Gasteiger partial charge in [-0.15, -0.1) is 0 Å². The predicted molar refractivity (Wildman–Crippen MR) is 56.7 cm³/mol. The van der Waals surface area contributed by atoms with Gasteiger partial charge in [0.2, 0.25) is 0 Å². The lowest BCUT2D eigenvalue weighted by atomic mass is 9.72. The Balaban J connectivity index is 1.99. The molecule has 0 heterocycles. The van der Waals surface area contributed by atoms with Gasteiger partial charge in [-0.05, 0) is 42.5 Å². The van der Waals surface area contributed by atoms with Crippen LogP contribution in [0.4, 0.5) is 0 Å². The third-order valence-corrected chi connectivity index (χ3v) is 3.92. The van der Waals surface area contributed by atoms with Crippen LogP contribution in [0.25, 0.3) is 0 Å². The number of rotatable bonds is 1. The lowest BCUT2D eigenvalue weighted by molar-refractivity contribution is 0.469. The normalized spacial score (nSPS) is 27.7. The zero-order valence-corrected chi connectivity index (χ0v) is 8.97. The van der Waals surface area contributed by atoms with Crippen LogP contribution < -0.4 is 5.73 Å². The van der Waals surface area contributed by atoms with Crippen molar-refractivity contribution in [3.63, 3.8) is 0 Å². The van der Waals surface area contributed by atoms with Crippen molar-refractivity contribution >= 4 is 15.9 Å². The maximum absolute atomic E-state index is 6.20. The van der Waals surface area contributed by atoms with Gasteiger partial charge in [-0.1, -0.05) is 22.0 Å². The van der Waals surface area contributed by atoms with E-state index in [1.165, 1.54) is 34.9 Å². The molecule has 1 aromatic carbocycles. The molecule has 2 heteroatoms. The standard InChI is InChI=1S/C11H12BrN/c12-8-2-1-7-5-10(9(7)6-8)11(13)3-4-11/h1-2,6,10H,3-5,13H2. The van der Waals surface area contributed by atoms with E-state index in [1.54, 1.807) is 0 Å². The topological polar surface area (TPSA) is 26.0 Å². The predicted octanol–water partition coefficient (Wildman–Crippen LogP) is 2.58. The summed E-state index contributed by atoms with van der Waals surface area (Å²) in [4.78, 5) is 0. The fourth-order valence-corrected chi connectivity index (χ4v) is 2.66. The van der Waals surface area contributed by atoms with Gasteiger partial charge >= 0.3 is 0 Å². The Morgan fingerprint density at radius 2 is 2.15 bits per heavy atom. The van der Waals surface area contributed by atoms with Crippen molar-refractivity contribution in [2.75, 3.05) is 0 Å². The average molecular weight is 238 g/mol. The maximum Gasteiger partial charge on any atom is 0.0228 e. The van der Waals surface area contributed by atoms with Crippen molar-refractivity contribution in [2.24, 2.45) is 5.73 Å². The Morgan fingerprint density at radius 1 is 1.38 bits per heavy atom. The van der Waals surface area contributed by atoms with Gasteiger partial charge in [0, 0.05) is 15.9 Å². The summed E-state index contributed by atoms with van der Waals surface area (Å²) in [6.07, 6.45) is 3.62. The number of hydrogen-bond acceptors (Lipinski definition) is 1. The average Bonchev–Trinajstić information content (AvgIpc) is 2.76. The van der Waals surface area contributed by atoms with Crippen LogP contribution in [0.1, 0.15) is 29.9 Å². The molecule has 13 heavy (non-hydrogen) atoms. The number of fused-ring (bicyclic) bond motifs is 1.